The highest BCUT2D eigenvalue weighted by molar-refractivity contribution is 6.31. The van der Waals surface area contributed by atoms with Gasteiger partial charge in [-0.2, -0.15) is 0 Å². The number of non-ortho nitro benzene ring substituents is 1. The fourth-order valence-corrected chi connectivity index (χ4v) is 2.95. The van der Waals surface area contributed by atoms with E-state index < -0.39 is 4.92 Å². The van der Waals surface area contributed by atoms with E-state index in [4.69, 9.17) is 11.6 Å². The van der Waals surface area contributed by atoms with Gasteiger partial charge in [0.25, 0.3) is 5.69 Å². The van der Waals surface area contributed by atoms with Crippen molar-refractivity contribution < 1.29 is 10.0 Å². The third kappa shape index (κ3) is 4.14. The Kier molecular flexibility index (Phi) is 5.16. The molecule has 2 unspecified atom stereocenters. The third-order valence-electron chi connectivity index (χ3n) is 3.70. The molecule has 1 saturated heterocycles. The molecule has 1 heterocycles. The van der Waals surface area contributed by atoms with Gasteiger partial charge >= 0.3 is 0 Å². The molecule has 21 heavy (non-hydrogen) atoms. The van der Waals surface area contributed by atoms with Crippen molar-refractivity contribution in [3.63, 3.8) is 0 Å². The highest BCUT2D eigenvalue weighted by atomic mass is 35.5. The van der Waals surface area contributed by atoms with Crippen LogP contribution in [-0.2, 0) is 6.54 Å². The molecule has 0 amide bonds. The van der Waals surface area contributed by atoms with Gasteiger partial charge in [-0.15, -0.1) is 0 Å². The Morgan fingerprint density at radius 2 is 2.24 bits per heavy atom. The summed E-state index contributed by atoms with van der Waals surface area (Å²) < 4.78 is 0. The first-order chi connectivity index (χ1) is 9.86. The molecular formula is C14H20ClN3O3. The molecule has 1 aliphatic heterocycles. The highest BCUT2D eigenvalue weighted by Gasteiger charge is 2.31. The lowest BCUT2D eigenvalue weighted by atomic mass is 10.1. The van der Waals surface area contributed by atoms with Crippen LogP contribution >= 0.6 is 11.6 Å². The molecule has 116 valence electrons. The van der Waals surface area contributed by atoms with Crippen LogP contribution in [0.1, 0.15) is 12.0 Å². The van der Waals surface area contributed by atoms with Crippen LogP contribution in [0.15, 0.2) is 18.2 Å². The molecule has 1 aromatic carbocycles. The van der Waals surface area contributed by atoms with Gasteiger partial charge in [0.15, 0.2) is 0 Å². The van der Waals surface area contributed by atoms with E-state index in [1.165, 1.54) is 12.1 Å². The Morgan fingerprint density at radius 3 is 2.86 bits per heavy atom. The van der Waals surface area contributed by atoms with Crippen molar-refractivity contribution in [2.45, 2.75) is 25.1 Å². The van der Waals surface area contributed by atoms with Gasteiger partial charge in [0.05, 0.1) is 11.0 Å². The minimum atomic E-state index is -0.421. The van der Waals surface area contributed by atoms with E-state index in [2.05, 4.69) is 9.80 Å². The minimum absolute atomic E-state index is 0.0401. The van der Waals surface area contributed by atoms with Crippen molar-refractivity contribution in [3.8, 4) is 0 Å². The van der Waals surface area contributed by atoms with Crippen LogP contribution in [-0.4, -0.2) is 59.2 Å². The summed E-state index contributed by atoms with van der Waals surface area (Å²) in [7, 11) is 3.98. The van der Waals surface area contributed by atoms with Crippen LogP contribution in [0.25, 0.3) is 0 Å². The SMILES string of the molecule is CN(C)CC1CC(O)CN1Cc1cc([N+](=O)[O-])ccc1Cl. The molecular weight excluding hydrogens is 294 g/mol. The van der Waals surface area contributed by atoms with Crippen molar-refractivity contribution in [1.29, 1.82) is 0 Å². The Hall–Kier alpha value is -1.21. The zero-order chi connectivity index (χ0) is 15.6. The Labute approximate surface area is 129 Å². The van der Waals surface area contributed by atoms with Crippen LogP contribution in [0, 0.1) is 10.1 Å². The van der Waals surface area contributed by atoms with Crippen LogP contribution in [0.4, 0.5) is 5.69 Å². The lowest BCUT2D eigenvalue weighted by Crippen LogP contribution is -2.37. The number of aliphatic hydroxyl groups excluding tert-OH is 1. The Bertz CT molecular complexity index is 524. The third-order valence-corrected chi connectivity index (χ3v) is 4.06. The first-order valence-electron chi connectivity index (χ1n) is 6.86. The maximum atomic E-state index is 10.9. The lowest BCUT2D eigenvalue weighted by molar-refractivity contribution is -0.384. The van der Waals surface area contributed by atoms with Crippen molar-refractivity contribution >= 4 is 17.3 Å². The topological polar surface area (TPSA) is 69.8 Å². The minimum Gasteiger partial charge on any atom is -0.392 e. The predicted molar refractivity (Wildman–Crippen MR) is 81.5 cm³/mol. The molecule has 0 saturated carbocycles. The summed E-state index contributed by atoms with van der Waals surface area (Å²) in [5.41, 5.74) is 0.766. The average Bonchev–Trinajstić information content (AvgIpc) is 2.71. The number of nitrogens with zero attached hydrogens (tertiary/aromatic N) is 3. The normalized spacial score (nSPS) is 22.9. The molecule has 1 aromatic rings. The number of aliphatic hydroxyl groups is 1. The number of hydrogen-bond donors (Lipinski definition) is 1. The molecule has 0 spiro atoms. The summed E-state index contributed by atoms with van der Waals surface area (Å²) in [6, 6.07) is 4.70. The fourth-order valence-electron chi connectivity index (χ4n) is 2.78. The number of likely N-dealkylation sites (N-methyl/N-ethyl adjacent to an activating group) is 1. The van der Waals surface area contributed by atoms with Gasteiger partial charge in [-0.3, -0.25) is 15.0 Å². The van der Waals surface area contributed by atoms with E-state index in [0.717, 1.165) is 12.1 Å². The van der Waals surface area contributed by atoms with Crippen LogP contribution in [0.2, 0.25) is 5.02 Å². The molecule has 1 N–H and O–H groups in total. The van der Waals surface area contributed by atoms with Gasteiger partial charge in [0.1, 0.15) is 0 Å². The number of hydrogen-bond acceptors (Lipinski definition) is 5. The second kappa shape index (κ2) is 6.70. The summed E-state index contributed by atoms with van der Waals surface area (Å²) >= 11 is 6.15. The summed E-state index contributed by atoms with van der Waals surface area (Å²) in [5, 5.41) is 21.3. The van der Waals surface area contributed by atoms with Crippen molar-refractivity contribution in [2.24, 2.45) is 0 Å². The quantitative estimate of drug-likeness (QED) is 0.662. The molecule has 1 aliphatic rings. The predicted octanol–water partition coefficient (Wildman–Crippen LogP) is 1.74. The molecule has 0 aliphatic carbocycles. The molecule has 0 bridgehead atoms. The van der Waals surface area contributed by atoms with Gasteiger partial charge in [-0.25, -0.2) is 0 Å². The number of nitro groups is 1. The summed E-state index contributed by atoms with van der Waals surface area (Å²) in [6.45, 7) is 1.91. The van der Waals surface area contributed by atoms with E-state index >= 15 is 0 Å². The van der Waals surface area contributed by atoms with Gasteiger partial charge in [-0.1, -0.05) is 11.6 Å². The van der Waals surface area contributed by atoms with Crippen molar-refractivity contribution in [3.05, 3.63) is 38.9 Å². The molecule has 1 fully saturated rings. The van der Waals surface area contributed by atoms with E-state index in [0.29, 0.717) is 24.5 Å². The van der Waals surface area contributed by atoms with Gasteiger partial charge in [0, 0.05) is 42.8 Å². The van der Waals surface area contributed by atoms with Gasteiger partial charge < -0.3 is 10.0 Å². The van der Waals surface area contributed by atoms with E-state index in [9.17, 15) is 15.2 Å². The molecule has 0 radical (unpaired) electrons. The fraction of sp³-hybridized carbons (Fsp3) is 0.571. The highest BCUT2D eigenvalue weighted by Crippen LogP contribution is 2.27. The monoisotopic (exact) mass is 313 g/mol. The van der Waals surface area contributed by atoms with Crippen LogP contribution in [0.5, 0.6) is 0 Å². The molecule has 0 aromatic heterocycles. The molecule has 6 nitrogen and oxygen atoms in total. The van der Waals surface area contributed by atoms with E-state index in [1.807, 2.05) is 14.1 Å². The maximum absolute atomic E-state index is 10.9. The van der Waals surface area contributed by atoms with Crippen LogP contribution < -0.4 is 0 Å². The van der Waals surface area contributed by atoms with Gasteiger partial charge in [0.2, 0.25) is 0 Å². The summed E-state index contributed by atoms with van der Waals surface area (Å²) in [6.07, 6.45) is 0.359. The number of likely N-dealkylation sites (tertiary alicyclic amines) is 1. The number of benzene rings is 1. The molecule has 7 heteroatoms. The first-order valence-corrected chi connectivity index (χ1v) is 7.24. The number of rotatable bonds is 5. The Balaban J connectivity index is 2.16. The largest absolute Gasteiger partial charge is 0.392 e. The van der Waals surface area contributed by atoms with E-state index in [1.54, 1.807) is 6.07 Å². The molecule has 2 atom stereocenters. The smallest absolute Gasteiger partial charge is 0.269 e. The number of nitro benzene ring substituents is 1. The van der Waals surface area contributed by atoms with Crippen molar-refractivity contribution in [2.75, 3.05) is 27.2 Å². The second-order valence-corrected chi connectivity index (χ2v) is 6.18. The maximum Gasteiger partial charge on any atom is 0.269 e. The van der Waals surface area contributed by atoms with Crippen LogP contribution in [0.3, 0.4) is 0 Å². The summed E-state index contributed by atoms with van der Waals surface area (Å²) in [5.74, 6) is 0. The standard InChI is InChI=1S/C14H20ClN3O3/c1-16(2)8-12-6-13(19)9-17(12)7-10-5-11(18(20)21)3-4-14(10)15/h3-5,12-13,19H,6-9H2,1-2H3. The number of β-amino-alcohol motifs (C(OH)–C–C–N with tert-alkyl or cyclic N) is 1. The Morgan fingerprint density at radius 1 is 1.52 bits per heavy atom. The summed E-state index contributed by atoms with van der Waals surface area (Å²) in [4.78, 5) is 14.7. The number of halogens is 1. The lowest BCUT2D eigenvalue weighted by Gasteiger charge is -2.26. The zero-order valence-electron chi connectivity index (χ0n) is 12.2. The van der Waals surface area contributed by atoms with Gasteiger partial charge in [-0.05, 0) is 32.1 Å². The average molecular weight is 314 g/mol. The zero-order valence-corrected chi connectivity index (χ0v) is 13.0. The van der Waals surface area contributed by atoms with E-state index in [-0.39, 0.29) is 17.8 Å². The van der Waals surface area contributed by atoms with Crippen molar-refractivity contribution in [1.82, 2.24) is 9.80 Å². The molecule has 2 rings (SSSR count). The second-order valence-electron chi connectivity index (χ2n) is 5.77. The first kappa shape index (κ1) is 16.2.